The first-order valence-corrected chi connectivity index (χ1v) is 8.24. The zero-order chi connectivity index (χ0) is 18.1. The molecule has 0 unspecified atom stereocenters. The topological polar surface area (TPSA) is 105 Å². The third-order valence-corrected chi connectivity index (χ3v) is 4.63. The van der Waals surface area contributed by atoms with Gasteiger partial charge in [-0.15, -0.1) is 0 Å². The van der Waals surface area contributed by atoms with Gasteiger partial charge in [-0.2, -0.15) is 0 Å². The number of imide groups is 1. The Labute approximate surface area is 145 Å². The van der Waals surface area contributed by atoms with E-state index >= 15 is 0 Å². The molecule has 128 valence electrons. The fourth-order valence-corrected chi connectivity index (χ4v) is 3.25. The summed E-state index contributed by atoms with van der Waals surface area (Å²) < 4.78 is 5.43. The molecule has 1 aromatic carbocycles. The van der Waals surface area contributed by atoms with Gasteiger partial charge in [0.05, 0.1) is 15.9 Å². The summed E-state index contributed by atoms with van der Waals surface area (Å²) in [6.45, 7) is 1.25. The molecule has 2 amide bonds. The van der Waals surface area contributed by atoms with Crippen molar-refractivity contribution in [1.82, 2.24) is 4.90 Å². The van der Waals surface area contributed by atoms with E-state index in [4.69, 9.17) is 9.52 Å². The van der Waals surface area contributed by atoms with Gasteiger partial charge in [0.1, 0.15) is 18.4 Å². The van der Waals surface area contributed by atoms with Crippen molar-refractivity contribution in [2.75, 3.05) is 6.54 Å². The summed E-state index contributed by atoms with van der Waals surface area (Å²) in [5.41, 5.74) is 1.21. The Kier molecular flexibility index (Phi) is 4.45. The minimum atomic E-state index is -1.29. The van der Waals surface area contributed by atoms with Crippen LogP contribution in [0.3, 0.4) is 0 Å². The van der Waals surface area contributed by atoms with E-state index in [1.165, 1.54) is 12.3 Å². The third kappa shape index (κ3) is 3.20. The van der Waals surface area contributed by atoms with Crippen LogP contribution in [0.15, 0.2) is 38.6 Å². The second-order valence-corrected chi connectivity index (χ2v) is 6.36. The Bertz CT molecular complexity index is 990. The van der Waals surface area contributed by atoms with Gasteiger partial charge in [-0.05, 0) is 42.0 Å². The number of aryl methyl sites for hydroxylation is 1. The van der Waals surface area contributed by atoms with Gasteiger partial charge in [-0.1, -0.05) is 13.0 Å². The van der Waals surface area contributed by atoms with Gasteiger partial charge < -0.3 is 9.52 Å². The monoisotopic (exact) mass is 359 g/mol. The molecule has 7 nitrogen and oxygen atoms in total. The van der Waals surface area contributed by atoms with E-state index in [1.807, 2.05) is 13.0 Å². The summed E-state index contributed by atoms with van der Waals surface area (Å²) in [5.74, 6) is -2.03. The van der Waals surface area contributed by atoms with E-state index < -0.39 is 23.7 Å². The number of rotatable bonds is 4. The van der Waals surface area contributed by atoms with E-state index in [0.29, 0.717) is 27.6 Å². The molecular weight excluding hydrogens is 346 g/mol. The first-order valence-electron chi connectivity index (χ1n) is 7.42. The maximum absolute atomic E-state index is 12.6. The number of thioether (sulfide) groups is 1. The maximum Gasteiger partial charge on any atom is 0.323 e. The van der Waals surface area contributed by atoms with Gasteiger partial charge >= 0.3 is 5.97 Å². The lowest BCUT2D eigenvalue weighted by Crippen LogP contribution is -2.33. The highest BCUT2D eigenvalue weighted by molar-refractivity contribution is 8.18. The van der Waals surface area contributed by atoms with Gasteiger partial charge in [-0.25, -0.2) is 0 Å². The minimum absolute atomic E-state index is 0.00968. The second kappa shape index (κ2) is 6.56. The fraction of sp³-hybridized carbons (Fsp3) is 0.176. The van der Waals surface area contributed by atoms with Crippen LogP contribution in [0.5, 0.6) is 0 Å². The SMILES string of the molecule is CCc1ccc2occ(C=C3SC(=O)N(CC(=O)O)C3=O)c(=O)c2c1. The standard InChI is InChI=1S/C17H13NO6S/c1-2-9-3-4-12-11(5-9)15(21)10(8-24-12)6-13-16(22)18(7-14(19)20)17(23)25-13/h3-6,8H,2,7H2,1H3,(H,19,20). The van der Waals surface area contributed by atoms with Crippen LogP contribution in [-0.4, -0.2) is 33.7 Å². The Morgan fingerprint density at radius 2 is 2.08 bits per heavy atom. The quantitative estimate of drug-likeness (QED) is 0.836. The number of carboxylic acids is 1. The van der Waals surface area contributed by atoms with E-state index in [9.17, 15) is 19.2 Å². The largest absolute Gasteiger partial charge is 0.480 e. The number of carbonyl (C=O) groups excluding carboxylic acids is 2. The van der Waals surface area contributed by atoms with E-state index in [-0.39, 0.29) is 15.9 Å². The smallest absolute Gasteiger partial charge is 0.323 e. The Balaban J connectivity index is 2.03. The average molecular weight is 359 g/mol. The molecule has 1 aliphatic heterocycles. The van der Waals surface area contributed by atoms with Crippen molar-refractivity contribution >= 4 is 45.9 Å². The Morgan fingerprint density at radius 3 is 2.76 bits per heavy atom. The Morgan fingerprint density at radius 1 is 1.32 bits per heavy atom. The molecule has 1 N–H and O–H groups in total. The predicted octanol–water partition coefficient (Wildman–Crippen LogP) is 2.48. The number of hydrogen-bond donors (Lipinski definition) is 1. The zero-order valence-corrected chi connectivity index (χ0v) is 14.0. The molecule has 25 heavy (non-hydrogen) atoms. The molecule has 1 fully saturated rings. The van der Waals surface area contributed by atoms with Crippen molar-refractivity contribution in [3.8, 4) is 0 Å². The molecule has 2 aromatic rings. The van der Waals surface area contributed by atoms with Gasteiger partial charge in [0, 0.05) is 0 Å². The van der Waals surface area contributed by atoms with Gasteiger partial charge in [-0.3, -0.25) is 24.1 Å². The number of hydrogen-bond acceptors (Lipinski definition) is 6. The molecule has 0 bridgehead atoms. The second-order valence-electron chi connectivity index (χ2n) is 5.37. The summed E-state index contributed by atoms with van der Waals surface area (Å²) in [6.07, 6.45) is 3.24. The molecule has 1 saturated heterocycles. The first kappa shape index (κ1) is 17.0. The van der Waals surface area contributed by atoms with Gasteiger partial charge in [0.2, 0.25) is 0 Å². The normalized spacial score (nSPS) is 16.2. The van der Waals surface area contributed by atoms with E-state index in [1.54, 1.807) is 12.1 Å². The number of benzene rings is 1. The molecule has 8 heteroatoms. The van der Waals surface area contributed by atoms with Crippen molar-refractivity contribution in [2.45, 2.75) is 13.3 Å². The molecule has 1 aromatic heterocycles. The summed E-state index contributed by atoms with van der Waals surface area (Å²) in [5, 5.41) is 8.46. The highest BCUT2D eigenvalue weighted by atomic mass is 32.2. The third-order valence-electron chi connectivity index (χ3n) is 3.73. The lowest BCUT2D eigenvalue weighted by Gasteiger charge is -2.07. The first-order chi connectivity index (χ1) is 11.9. The summed E-state index contributed by atoms with van der Waals surface area (Å²) in [7, 11) is 0. The van der Waals surface area contributed by atoms with Crippen molar-refractivity contribution in [2.24, 2.45) is 0 Å². The van der Waals surface area contributed by atoms with Crippen molar-refractivity contribution in [3.63, 3.8) is 0 Å². The van der Waals surface area contributed by atoms with Gasteiger partial charge in [0.25, 0.3) is 11.1 Å². The Hall–Kier alpha value is -2.87. The van der Waals surface area contributed by atoms with Gasteiger partial charge in [0.15, 0.2) is 5.43 Å². The lowest BCUT2D eigenvalue weighted by molar-refractivity contribution is -0.140. The molecule has 0 aliphatic carbocycles. The van der Waals surface area contributed by atoms with Crippen LogP contribution in [0.2, 0.25) is 0 Å². The molecular formula is C17H13NO6S. The highest BCUT2D eigenvalue weighted by Gasteiger charge is 2.36. The zero-order valence-electron chi connectivity index (χ0n) is 13.1. The van der Waals surface area contributed by atoms with E-state index in [2.05, 4.69) is 0 Å². The minimum Gasteiger partial charge on any atom is -0.480 e. The predicted molar refractivity (Wildman–Crippen MR) is 92.2 cm³/mol. The summed E-state index contributed by atoms with van der Waals surface area (Å²) in [6, 6.07) is 5.30. The van der Waals surface area contributed by atoms with Crippen molar-refractivity contribution in [1.29, 1.82) is 0 Å². The van der Waals surface area contributed by atoms with Crippen molar-refractivity contribution in [3.05, 3.63) is 50.7 Å². The molecule has 0 radical (unpaired) electrons. The number of carboxylic acid groups (broad SMARTS) is 1. The highest BCUT2D eigenvalue weighted by Crippen LogP contribution is 2.31. The van der Waals surface area contributed by atoms with Crippen LogP contribution in [0.25, 0.3) is 17.0 Å². The number of amides is 2. The fourth-order valence-electron chi connectivity index (χ4n) is 2.43. The van der Waals surface area contributed by atoms with Crippen LogP contribution >= 0.6 is 11.8 Å². The molecule has 2 heterocycles. The number of carbonyl (C=O) groups is 3. The molecule has 0 spiro atoms. The van der Waals surface area contributed by atoms with Crippen molar-refractivity contribution < 1.29 is 23.9 Å². The van der Waals surface area contributed by atoms with Crippen LogP contribution in [-0.2, 0) is 16.0 Å². The molecule has 0 saturated carbocycles. The number of nitrogens with zero attached hydrogens (tertiary/aromatic N) is 1. The van der Waals surface area contributed by atoms with Crippen LogP contribution in [0.1, 0.15) is 18.1 Å². The summed E-state index contributed by atoms with van der Waals surface area (Å²) >= 11 is 0.595. The van der Waals surface area contributed by atoms with Crippen LogP contribution < -0.4 is 5.43 Å². The van der Waals surface area contributed by atoms with Crippen LogP contribution in [0, 0.1) is 0 Å². The molecule has 3 rings (SSSR count). The van der Waals surface area contributed by atoms with Crippen LogP contribution in [0.4, 0.5) is 4.79 Å². The maximum atomic E-state index is 12.6. The lowest BCUT2D eigenvalue weighted by atomic mass is 10.1. The summed E-state index contributed by atoms with van der Waals surface area (Å²) in [4.78, 5) is 47.9. The number of aliphatic carboxylic acids is 1. The van der Waals surface area contributed by atoms with E-state index in [0.717, 1.165) is 12.0 Å². The number of fused-ring (bicyclic) bond motifs is 1. The molecule has 1 aliphatic rings. The molecule has 0 atom stereocenters. The average Bonchev–Trinajstić information content (AvgIpc) is 2.84.